The zero-order chi connectivity index (χ0) is 24.0. The number of halogens is 3. The number of rotatable bonds is 5. The Morgan fingerprint density at radius 1 is 1.18 bits per heavy atom. The third-order valence-electron chi connectivity index (χ3n) is 5.34. The van der Waals surface area contributed by atoms with Crippen LogP contribution >= 0.6 is 11.3 Å². The Morgan fingerprint density at radius 2 is 1.91 bits per heavy atom. The minimum absolute atomic E-state index is 0.00714. The monoisotopic (exact) mass is 498 g/mol. The van der Waals surface area contributed by atoms with Gasteiger partial charge in [-0.3, -0.25) is 4.72 Å². The number of sulfonamides is 1. The van der Waals surface area contributed by atoms with Gasteiger partial charge >= 0.3 is 6.18 Å². The Labute approximate surface area is 193 Å². The van der Waals surface area contributed by atoms with E-state index < -0.39 is 27.4 Å². The highest BCUT2D eigenvalue weighted by Crippen LogP contribution is 2.48. The summed E-state index contributed by atoms with van der Waals surface area (Å²) < 4.78 is 79.0. The van der Waals surface area contributed by atoms with Crippen molar-refractivity contribution in [2.24, 2.45) is 0 Å². The first-order valence-electron chi connectivity index (χ1n) is 9.90. The second kappa shape index (κ2) is 8.21. The molecule has 0 saturated heterocycles. The number of fused-ring (bicyclic) bond motifs is 1. The van der Waals surface area contributed by atoms with Gasteiger partial charge in [0.05, 0.1) is 17.6 Å². The average molecular weight is 499 g/mol. The summed E-state index contributed by atoms with van der Waals surface area (Å²) in [5, 5.41) is 1.89. The Kier molecular flexibility index (Phi) is 5.81. The van der Waals surface area contributed by atoms with Crippen LogP contribution < -0.4 is 14.2 Å². The van der Waals surface area contributed by atoms with Crippen molar-refractivity contribution in [3.63, 3.8) is 0 Å². The molecule has 1 N–H and O–H groups in total. The van der Waals surface area contributed by atoms with E-state index in [4.69, 9.17) is 9.47 Å². The normalized spacial score (nSPS) is 17.7. The lowest BCUT2D eigenvalue weighted by Crippen LogP contribution is -2.35. The molecule has 11 heteroatoms. The third kappa shape index (κ3) is 4.79. The number of hydrogen-bond donors (Lipinski definition) is 1. The van der Waals surface area contributed by atoms with Crippen molar-refractivity contribution in [2.75, 3.05) is 11.8 Å². The number of thiazole rings is 1. The van der Waals surface area contributed by atoms with Crippen LogP contribution in [0.2, 0.25) is 0 Å². The maximum Gasteiger partial charge on any atom is 0.416 e. The van der Waals surface area contributed by atoms with Gasteiger partial charge in [-0.2, -0.15) is 13.2 Å². The molecule has 1 atom stereocenters. The molecule has 6 nitrogen and oxygen atoms in total. The van der Waals surface area contributed by atoms with E-state index in [1.807, 2.05) is 13.8 Å². The van der Waals surface area contributed by atoms with E-state index in [0.717, 1.165) is 23.5 Å². The van der Waals surface area contributed by atoms with Gasteiger partial charge in [0, 0.05) is 34.7 Å². The second-order valence-electron chi connectivity index (χ2n) is 8.22. The SMILES string of the molecule is COc1cc(C(F)(F)F)ccc1C1CC(C)(C)Oc2cc(S(=O)(=O)Nc3nccs3)ccc21. The van der Waals surface area contributed by atoms with E-state index in [-0.39, 0.29) is 21.7 Å². The van der Waals surface area contributed by atoms with Gasteiger partial charge in [-0.25, -0.2) is 13.4 Å². The van der Waals surface area contributed by atoms with Crippen molar-refractivity contribution in [3.8, 4) is 11.5 Å². The molecule has 0 spiro atoms. The molecular formula is C22H21F3N2O4S2. The maximum atomic E-state index is 13.2. The molecule has 1 unspecified atom stereocenters. The van der Waals surface area contributed by atoms with Crippen molar-refractivity contribution in [3.05, 3.63) is 64.7 Å². The molecule has 1 aromatic heterocycles. The molecule has 1 aliphatic rings. The van der Waals surface area contributed by atoms with Crippen LogP contribution in [0, 0.1) is 0 Å². The van der Waals surface area contributed by atoms with Crippen LogP contribution in [0.1, 0.15) is 42.9 Å². The fourth-order valence-electron chi connectivity index (χ4n) is 3.90. The van der Waals surface area contributed by atoms with E-state index in [1.54, 1.807) is 11.4 Å². The van der Waals surface area contributed by atoms with Gasteiger partial charge in [-0.15, -0.1) is 11.3 Å². The number of ether oxygens (including phenoxy) is 2. The summed E-state index contributed by atoms with van der Waals surface area (Å²) in [6, 6.07) is 7.91. The van der Waals surface area contributed by atoms with Crippen LogP contribution in [-0.2, 0) is 16.2 Å². The van der Waals surface area contributed by atoms with Crippen LogP contribution in [0.25, 0.3) is 0 Å². The molecule has 176 valence electrons. The smallest absolute Gasteiger partial charge is 0.416 e. The van der Waals surface area contributed by atoms with Gasteiger partial charge in [-0.1, -0.05) is 12.1 Å². The Morgan fingerprint density at radius 3 is 2.55 bits per heavy atom. The Hall–Kier alpha value is -2.79. The van der Waals surface area contributed by atoms with E-state index in [2.05, 4.69) is 9.71 Å². The number of aromatic nitrogens is 1. The first-order valence-corrected chi connectivity index (χ1v) is 12.3. The Balaban J connectivity index is 1.77. The van der Waals surface area contributed by atoms with Crippen LogP contribution in [0.3, 0.4) is 0 Å². The van der Waals surface area contributed by atoms with Crippen LogP contribution in [0.4, 0.5) is 18.3 Å². The van der Waals surface area contributed by atoms with Gasteiger partial charge in [-0.05, 0) is 38.5 Å². The van der Waals surface area contributed by atoms with E-state index in [1.165, 1.54) is 31.5 Å². The van der Waals surface area contributed by atoms with Crippen molar-refractivity contribution >= 4 is 26.5 Å². The van der Waals surface area contributed by atoms with E-state index >= 15 is 0 Å². The summed E-state index contributed by atoms with van der Waals surface area (Å²) in [4.78, 5) is 3.93. The van der Waals surface area contributed by atoms with Gasteiger partial charge in [0.25, 0.3) is 10.0 Å². The minimum atomic E-state index is -4.49. The van der Waals surface area contributed by atoms with Gasteiger partial charge in [0.1, 0.15) is 17.1 Å². The highest BCUT2D eigenvalue weighted by molar-refractivity contribution is 7.93. The number of anilines is 1. The molecule has 2 aromatic carbocycles. The minimum Gasteiger partial charge on any atom is -0.496 e. The molecule has 0 fully saturated rings. The standard InChI is InChI=1S/C22H21F3N2O4S2/c1-21(2)12-17(15-6-4-13(22(23,24)25)10-18(15)30-3)16-7-5-14(11-19(16)31-21)33(28,29)27-20-26-8-9-32-20/h4-11,17H,12H2,1-3H3,(H,26,27). The lowest BCUT2D eigenvalue weighted by atomic mass is 9.79. The summed E-state index contributed by atoms with van der Waals surface area (Å²) in [5.74, 6) is 0.102. The summed E-state index contributed by atoms with van der Waals surface area (Å²) in [5.41, 5.74) is -0.263. The van der Waals surface area contributed by atoms with Crippen molar-refractivity contribution < 1.29 is 31.1 Å². The first-order chi connectivity index (χ1) is 15.4. The quantitative estimate of drug-likeness (QED) is 0.491. The molecule has 0 amide bonds. The molecule has 4 rings (SSSR count). The van der Waals surface area contributed by atoms with Crippen molar-refractivity contribution in [1.82, 2.24) is 4.98 Å². The molecule has 1 aliphatic heterocycles. The fraction of sp³-hybridized carbons (Fsp3) is 0.318. The molecular weight excluding hydrogens is 477 g/mol. The third-order valence-corrected chi connectivity index (χ3v) is 7.50. The van der Waals surface area contributed by atoms with Crippen LogP contribution in [0.5, 0.6) is 11.5 Å². The van der Waals surface area contributed by atoms with Crippen LogP contribution in [0.15, 0.2) is 52.9 Å². The fourth-order valence-corrected chi connectivity index (χ4v) is 5.70. The first kappa shape index (κ1) is 23.4. The predicted molar refractivity (Wildman–Crippen MR) is 119 cm³/mol. The molecule has 0 bridgehead atoms. The topological polar surface area (TPSA) is 77.5 Å². The number of alkyl halides is 3. The lowest BCUT2D eigenvalue weighted by Gasteiger charge is -2.38. The number of hydrogen-bond acceptors (Lipinski definition) is 6. The van der Waals surface area contributed by atoms with Gasteiger partial charge in [0.15, 0.2) is 5.13 Å². The second-order valence-corrected chi connectivity index (χ2v) is 10.8. The molecule has 0 saturated carbocycles. The van der Waals surface area contributed by atoms with Crippen LogP contribution in [-0.4, -0.2) is 26.1 Å². The maximum absolute atomic E-state index is 13.2. The predicted octanol–water partition coefficient (Wildman–Crippen LogP) is 5.66. The molecule has 0 radical (unpaired) electrons. The molecule has 2 heterocycles. The Bertz CT molecular complexity index is 1270. The summed E-state index contributed by atoms with van der Waals surface area (Å²) in [7, 11) is -2.58. The molecule has 33 heavy (non-hydrogen) atoms. The number of nitrogens with one attached hydrogen (secondary N) is 1. The lowest BCUT2D eigenvalue weighted by molar-refractivity contribution is -0.137. The average Bonchev–Trinajstić information content (AvgIpc) is 3.23. The van der Waals surface area contributed by atoms with E-state index in [0.29, 0.717) is 23.3 Å². The number of nitrogens with zero attached hydrogens (tertiary/aromatic N) is 1. The van der Waals surface area contributed by atoms with E-state index in [9.17, 15) is 21.6 Å². The highest BCUT2D eigenvalue weighted by Gasteiger charge is 2.38. The largest absolute Gasteiger partial charge is 0.496 e. The van der Waals surface area contributed by atoms with Crippen molar-refractivity contribution in [2.45, 2.75) is 42.9 Å². The zero-order valence-electron chi connectivity index (χ0n) is 17.9. The zero-order valence-corrected chi connectivity index (χ0v) is 19.6. The van der Waals surface area contributed by atoms with Crippen molar-refractivity contribution in [1.29, 1.82) is 0 Å². The number of methoxy groups -OCH3 is 1. The number of benzene rings is 2. The van der Waals surface area contributed by atoms with Gasteiger partial charge < -0.3 is 9.47 Å². The molecule has 3 aromatic rings. The van der Waals surface area contributed by atoms with Gasteiger partial charge in [0.2, 0.25) is 0 Å². The summed E-state index contributed by atoms with van der Waals surface area (Å²) in [6.07, 6.45) is -2.54. The summed E-state index contributed by atoms with van der Waals surface area (Å²) >= 11 is 1.15. The summed E-state index contributed by atoms with van der Waals surface area (Å²) in [6.45, 7) is 3.68. The molecule has 0 aliphatic carbocycles. The highest BCUT2D eigenvalue weighted by atomic mass is 32.2.